The van der Waals surface area contributed by atoms with Crippen molar-refractivity contribution in [1.29, 1.82) is 0 Å². The summed E-state index contributed by atoms with van der Waals surface area (Å²) in [5, 5.41) is 3.53. The summed E-state index contributed by atoms with van der Waals surface area (Å²) in [5.41, 5.74) is 2.82. The molecule has 0 bridgehead atoms. The zero-order chi connectivity index (χ0) is 14.5. The van der Waals surface area contributed by atoms with Gasteiger partial charge in [0.15, 0.2) is 0 Å². The Morgan fingerprint density at radius 1 is 1.40 bits per heavy atom. The first-order valence-electron chi connectivity index (χ1n) is 7.45. The number of nitrogens with zero attached hydrogens (tertiary/aromatic N) is 1. The zero-order valence-electron chi connectivity index (χ0n) is 12.3. The quantitative estimate of drug-likeness (QED) is 0.863. The van der Waals surface area contributed by atoms with E-state index in [9.17, 15) is 4.79 Å². The SMILES string of the molecule is CCN(CC)C(=O)CCNC1CCc2cc(Br)ccc21. The minimum absolute atomic E-state index is 0.247. The molecule has 0 aromatic heterocycles. The molecule has 110 valence electrons. The molecular weight excluding hydrogens is 316 g/mol. The van der Waals surface area contributed by atoms with Gasteiger partial charge in [0.05, 0.1) is 0 Å². The monoisotopic (exact) mass is 338 g/mol. The maximum atomic E-state index is 11.9. The Kier molecular flexibility index (Phi) is 5.61. The molecule has 20 heavy (non-hydrogen) atoms. The molecule has 0 aliphatic heterocycles. The summed E-state index contributed by atoms with van der Waals surface area (Å²) in [6.45, 7) is 6.42. The number of carbonyl (C=O) groups is 1. The van der Waals surface area contributed by atoms with Crippen LogP contribution in [0.15, 0.2) is 22.7 Å². The van der Waals surface area contributed by atoms with Crippen LogP contribution in [0.5, 0.6) is 0 Å². The molecule has 4 heteroatoms. The van der Waals surface area contributed by atoms with E-state index in [-0.39, 0.29) is 5.91 Å². The fraction of sp³-hybridized carbons (Fsp3) is 0.562. The molecule has 0 saturated heterocycles. The van der Waals surface area contributed by atoms with Gasteiger partial charge in [0.25, 0.3) is 0 Å². The second-order valence-corrected chi connectivity index (χ2v) is 6.12. The van der Waals surface area contributed by atoms with Crippen LogP contribution >= 0.6 is 15.9 Å². The molecule has 0 saturated carbocycles. The van der Waals surface area contributed by atoms with E-state index in [1.807, 2.05) is 18.7 Å². The number of halogens is 1. The van der Waals surface area contributed by atoms with E-state index in [4.69, 9.17) is 0 Å². The van der Waals surface area contributed by atoms with E-state index in [2.05, 4.69) is 39.4 Å². The third-order valence-electron chi connectivity index (χ3n) is 4.03. The second kappa shape index (κ2) is 7.23. The summed E-state index contributed by atoms with van der Waals surface area (Å²) in [7, 11) is 0. The van der Waals surface area contributed by atoms with Crippen molar-refractivity contribution in [3.63, 3.8) is 0 Å². The van der Waals surface area contributed by atoms with Gasteiger partial charge >= 0.3 is 0 Å². The van der Waals surface area contributed by atoms with Crippen molar-refractivity contribution in [3.8, 4) is 0 Å². The van der Waals surface area contributed by atoms with E-state index >= 15 is 0 Å². The Labute approximate surface area is 129 Å². The largest absolute Gasteiger partial charge is 0.343 e. The number of carbonyl (C=O) groups excluding carboxylic acids is 1. The van der Waals surface area contributed by atoms with Crippen LogP contribution in [0, 0.1) is 0 Å². The molecule has 1 unspecified atom stereocenters. The van der Waals surface area contributed by atoms with Crippen LogP contribution < -0.4 is 5.32 Å². The highest BCUT2D eigenvalue weighted by atomic mass is 79.9. The lowest BCUT2D eigenvalue weighted by atomic mass is 10.1. The van der Waals surface area contributed by atoms with Crippen LogP contribution in [0.4, 0.5) is 0 Å². The van der Waals surface area contributed by atoms with Gasteiger partial charge in [0.2, 0.25) is 5.91 Å². The summed E-state index contributed by atoms with van der Waals surface area (Å²) in [6.07, 6.45) is 2.84. The molecule has 2 rings (SSSR count). The fourth-order valence-corrected chi connectivity index (χ4v) is 3.29. The Morgan fingerprint density at radius 2 is 2.15 bits per heavy atom. The van der Waals surface area contributed by atoms with Gasteiger partial charge in [-0.25, -0.2) is 0 Å². The van der Waals surface area contributed by atoms with Gasteiger partial charge in [-0.2, -0.15) is 0 Å². The first-order valence-corrected chi connectivity index (χ1v) is 8.24. The maximum absolute atomic E-state index is 11.9. The first kappa shape index (κ1) is 15.5. The number of hydrogen-bond donors (Lipinski definition) is 1. The molecule has 1 amide bonds. The third kappa shape index (κ3) is 3.61. The first-order chi connectivity index (χ1) is 9.65. The highest BCUT2D eigenvalue weighted by Gasteiger charge is 2.22. The molecule has 1 aliphatic rings. The predicted molar refractivity (Wildman–Crippen MR) is 85.8 cm³/mol. The molecule has 1 aromatic rings. The maximum Gasteiger partial charge on any atom is 0.223 e. The van der Waals surface area contributed by atoms with Crippen molar-refractivity contribution in [2.45, 2.75) is 39.2 Å². The van der Waals surface area contributed by atoms with Gasteiger partial charge < -0.3 is 10.2 Å². The molecule has 3 nitrogen and oxygen atoms in total. The minimum atomic E-state index is 0.247. The highest BCUT2D eigenvalue weighted by Crippen LogP contribution is 2.32. The summed E-state index contributed by atoms with van der Waals surface area (Å²) < 4.78 is 1.15. The summed E-state index contributed by atoms with van der Waals surface area (Å²) in [5.74, 6) is 0.247. The molecule has 1 atom stereocenters. The van der Waals surface area contributed by atoms with Gasteiger partial charge in [-0.1, -0.05) is 22.0 Å². The number of benzene rings is 1. The minimum Gasteiger partial charge on any atom is -0.343 e. The normalized spacial score (nSPS) is 17.1. The van der Waals surface area contributed by atoms with E-state index in [0.29, 0.717) is 12.5 Å². The lowest BCUT2D eigenvalue weighted by molar-refractivity contribution is -0.130. The lowest BCUT2D eigenvalue weighted by Gasteiger charge is -2.20. The van der Waals surface area contributed by atoms with Gasteiger partial charge in [0.1, 0.15) is 0 Å². The van der Waals surface area contributed by atoms with Crippen LogP contribution in [-0.2, 0) is 11.2 Å². The molecule has 1 N–H and O–H groups in total. The number of amides is 1. The van der Waals surface area contributed by atoms with E-state index in [0.717, 1.165) is 36.9 Å². The molecule has 0 fully saturated rings. The van der Waals surface area contributed by atoms with Crippen molar-refractivity contribution in [3.05, 3.63) is 33.8 Å². The standard InChI is InChI=1S/C16H23BrN2O/c1-3-19(4-2)16(20)9-10-18-15-8-5-12-11-13(17)6-7-14(12)15/h6-7,11,15,18H,3-5,8-10H2,1-2H3. The topological polar surface area (TPSA) is 32.3 Å². The third-order valence-corrected chi connectivity index (χ3v) is 4.52. The van der Waals surface area contributed by atoms with Crippen molar-refractivity contribution < 1.29 is 4.79 Å². The van der Waals surface area contributed by atoms with Crippen LogP contribution in [-0.4, -0.2) is 30.4 Å². The number of nitrogens with one attached hydrogen (secondary N) is 1. The van der Waals surface area contributed by atoms with Crippen molar-refractivity contribution >= 4 is 21.8 Å². The lowest BCUT2D eigenvalue weighted by Crippen LogP contribution is -2.33. The highest BCUT2D eigenvalue weighted by molar-refractivity contribution is 9.10. The average Bonchev–Trinajstić information content (AvgIpc) is 2.82. The number of fused-ring (bicyclic) bond motifs is 1. The molecular formula is C16H23BrN2O. The molecule has 1 aromatic carbocycles. The fourth-order valence-electron chi connectivity index (χ4n) is 2.89. The van der Waals surface area contributed by atoms with Gasteiger partial charge in [-0.15, -0.1) is 0 Å². The van der Waals surface area contributed by atoms with Crippen LogP contribution in [0.2, 0.25) is 0 Å². The van der Waals surface area contributed by atoms with Gasteiger partial charge in [-0.3, -0.25) is 4.79 Å². The second-order valence-electron chi connectivity index (χ2n) is 5.20. The molecule has 0 heterocycles. The van der Waals surface area contributed by atoms with Crippen LogP contribution in [0.25, 0.3) is 0 Å². The molecule has 0 spiro atoms. The Hall–Kier alpha value is -0.870. The summed E-state index contributed by atoms with van der Waals surface area (Å²) in [6, 6.07) is 6.90. The van der Waals surface area contributed by atoms with E-state index in [1.54, 1.807) is 0 Å². The predicted octanol–water partition coefficient (Wildman–Crippen LogP) is 3.28. The van der Waals surface area contributed by atoms with Crippen molar-refractivity contribution in [2.24, 2.45) is 0 Å². The van der Waals surface area contributed by atoms with Crippen molar-refractivity contribution in [2.75, 3.05) is 19.6 Å². The van der Waals surface area contributed by atoms with E-state index in [1.165, 1.54) is 11.1 Å². The van der Waals surface area contributed by atoms with E-state index < -0.39 is 0 Å². The van der Waals surface area contributed by atoms with Crippen molar-refractivity contribution in [1.82, 2.24) is 10.2 Å². The molecule has 0 radical (unpaired) electrons. The Morgan fingerprint density at radius 3 is 2.85 bits per heavy atom. The number of rotatable bonds is 6. The van der Waals surface area contributed by atoms with Crippen LogP contribution in [0.1, 0.15) is 43.9 Å². The van der Waals surface area contributed by atoms with Gasteiger partial charge in [0, 0.05) is 36.6 Å². The smallest absolute Gasteiger partial charge is 0.223 e. The van der Waals surface area contributed by atoms with Crippen LogP contribution in [0.3, 0.4) is 0 Å². The summed E-state index contributed by atoms with van der Waals surface area (Å²) >= 11 is 3.52. The zero-order valence-corrected chi connectivity index (χ0v) is 13.9. The van der Waals surface area contributed by atoms with Gasteiger partial charge in [-0.05, 0) is 49.9 Å². The Balaban J connectivity index is 1.84. The number of hydrogen-bond acceptors (Lipinski definition) is 2. The average molecular weight is 339 g/mol. The Bertz CT molecular complexity index is 472. The number of aryl methyl sites for hydroxylation is 1. The molecule has 1 aliphatic carbocycles. The summed E-state index contributed by atoms with van der Waals surface area (Å²) in [4.78, 5) is 13.8.